The number of hydrogen-bond donors (Lipinski definition) is 0. The lowest BCUT2D eigenvalue weighted by Gasteiger charge is -2.12. The van der Waals surface area contributed by atoms with Crippen molar-refractivity contribution in [1.29, 1.82) is 0 Å². The molecule has 2 aromatic carbocycles. The van der Waals surface area contributed by atoms with Gasteiger partial charge in [-0.2, -0.15) is 0 Å². The van der Waals surface area contributed by atoms with Crippen LogP contribution < -0.4 is 9.80 Å². The largest absolute Gasteiger partial charge is 0.268 e. The highest BCUT2D eigenvalue weighted by molar-refractivity contribution is 6.35. The Bertz CT molecular complexity index is 1420. The Morgan fingerprint density at radius 1 is 0.500 bits per heavy atom. The summed E-state index contributed by atoms with van der Waals surface area (Å²) in [4.78, 5) is 61.9. The molecule has 0 atom stereocenters. The Balaban J connectivity index is 1.38. The van der Waals surface area contributed by atoms with E-state index in [9.17, 15) is 19.2 Å². The molecule has 162 valence electrons. The SMILES string of the molecule is O=C1c2ccc(-c3ccc4c(c3)C(=O)N(c3cccnc3)C4=O)cc2C(=O)N1c1cccnc1. The fourth-order valence-corrected chi connectivity index (χ4v) is 4.28. The molecule has 0 saturated carbocycles. The van der Waals surface area contributed by atoms with Crippen LogP contribution >= 0.6 is 0 Å². The van der Waals surface area contributed by atoms with Crippen LogP contribution in [0.1, 0.15) is 41.4 Å². The molecule has 6 rings (SSSR count). The number of nitrogens with zero attached hydrogens (tertiary/aromatic N) is 4. The Kier molecular flexibility index (Phi) is 4.21. The predicted octanol–water partition coefficient (Wildman–Crippen LogP) is 3.74. The molecular weight excluding hydrogens is 432 g/mol. The van der Waals surface area contributed by atoms with Crippen molar-refractivity contribution in [3.05, 3.63) is 108 Å². The smallest absolute Gasteiger partial charge is 0.266 e. The van der Waals surface area contributed by atoms with Crippen molar-refractivity contribution >= 4 is 35.0 Å². The Labute approximate surface area is 193 Å². The first kappa shape index (κ1) is 19.7. The van der Waals surface area contributed by atoms with Crippen LogP contribution in [0, 0.1) is 0 Å². The second-order valence-corrected chi connectivity index (χ2v) is 7.83. The summed E-state index contributed by atoms with van der Waals surface area (Å²) in [5.74, 6) is -1.71. The molecule has 2 aliphatic rings. The Hall–Kier alpha value is -4.98. The van der Waals surface area contributed by atoms with Crippen LogP contribution in [0.25, 0.3) is 11.1 Å². The standard InChI is InChI=1S/C26H14N4O4/c31-23-19-7-5-15(11-21(19)25(33)29(23)17-3-1-9-27-13-17)16-6-8-20-22(12-16)26(34)30(24(20)32)18-4-2-10-28-14-18/h1-14H. The topological polar surface area (TPSA) is 101 Å². The van der Waals surface area contributed by atoms with E-state index in [-0.39, 0.29) is 11.1 Å². The molecule has 0 aliphatic carbocycles. The third-order valence-electron chi connectivity index (χ3n) is 5.91. The highest BCUT2D eigenvalue weighted by Crippen LogP contribution is 2.34. The zero-order chi connectivity index (χ0) is 23.4. The molecule has 2 aliphatic heterocycles. The summed E-state index contributed by atoms with van der Waals surface area (Å²) in [5, 5.41) is 0. The van der Waals surface area contributed by atoms with Gasteiger partial charge in [0, 0.05) is 12.4 Å². The van der Waals surface area contributed by atoms with Gasteiger partial charge in [-0.25, -0.2) is 9.80 Å². The van der Waals surface area contributed by atoms with Gasteiger partial charge in [0.1, 0.15) is 0 Å². The summed E-state index contributed by atoms with van der Waals surface area (Å²) < 4.78 is 0. The lowest BCUT2D eigenvalue weighted by molar-refractivity contribution is 0.0910. The lowest BCUT2D eigenvalue weighted by Crippen LogP contribution is -2.29. The minimum absolute atomic E-state index is 0.270. The third-order valence-corrected chi connectivity index (χ3v) is 5.91. The molecule has 0 unspecified atom stereocenters. The summed E-state index contributed by atoms with van der Waals surface area (Å²) in [7, 11) is 0. The van der Waals surface area contributed by atoms with E-state index in [1.54, 1.807) is 73.1 Å². The van der Waals surface area contributed by atoms with E-state index < -0.39 is 23.6 Å². The number of imide groups is 2. The average Bonchev–Trinajstić information content (AvgIpc) is 3.28. The zero-order valence-electron chi connectivity index (χ0n) is 17.5. The molecule has 0 spiro atoms. The van der Waals surface area contributed by atoms with Gasteiger partial charge in [-0.15, -0.1) is 0 Å². The van der Waals surface area contributed by atoms with E-state index in [1.165, 1.54) is 12.4 Å². The molecule has 0 saturated heterocycles. The van der Waals surface area contributed by atoms with Gasteiger partial charge in [0.15, 0.2) is 0 Å². The maximum absolute atomic E-state index is 13.0. The summed E-state index contributed by atoms with van der Waals surface area (Å²) >= 11 is 0. The van der Waals surface area contributed by atoms with Crippen molar-refractivity contribution in [3.8, 4) is 11.1 Å². The number of carbonyl (C=O) groups is 4. The number of aromatic nitrogens is 2. The maximum atomic E-state index is 13.0. The van der Waals surface area contributed by atoms with Crippen molar-refractivity contribution in [2.45, 2.75) is 0 Å². The molecule has 4 aromatic rings. The van der Waals surface area contributed by atoms with E-state index in [2.05, 4.69) is 9.97 Å². The first-order valence-corrected chi connectivity index (χ1v) is 10.4. The number of rotatable bonds is 3. The second kappa shape index (κ2) is 7.28. The minimum atomic E-state index is -0.440. The molecule has 0 N–H and O–H groups in total. The van der Waals surface area contributed by atoms with Gasteiger partial charge in [0.05, 0.1) is 46.0 Å². The number of hydrogen-bond acceptors (Lipinski definition) is 6. The monoisotopic (exact) mass is 446 g/mol. The minimum Gasteiger partial charge on any atom is -0.268 e. The highest BCUT2D eigenvalue weighted by Gasteiger charge is 2.38. The number of benzene rings is 2. The molecule has 8 nitrogen and oxygen atoms in total. The van der Waals surface area contributed by atoms with Crippen molar-refractivity contribution in [1.82, 2.24) is 9.97 Å². The van der Waals surface area contributed by atoms with Gasteiger partial charge in [-0.05, 0) is 59.7 Å². The van der Waals surface area contributed by atoms with E-state index in [1.807, 2.05) is 0 Å². The highest BCUT2D eigenvalue weighted by atomic mass is 16.2. The predicted molar refractivity (Wildman–Crippen MR) is 123 cm³/mol. The van der Waals surface area contributed by atoms with E-state index in [0.717, 1.165) is 9.80 Å². The molecular formula is C26H14N4O4. The van der Waals surface area contributed by atoms with E-state index in [0.29, 0.717) is 33.6 Å². The molecule has 4 heterocycles. The van der Waals surface area contributed by atoms with Crippen LogP contribution in [-0.4, -0.2) is 33.6 Å². The van der Waals surface area contributed by atoms with Gasteiger partial charge < -0.3 is 0 Å². The summed E-state index contributed by atoms with van der Waals surface area (Å²) in [6, 6.07) is 16.5. The Morgan fingerprint density at radius 3 is 1.29 bits per heavy atom. The van der Waals surface area contributed by atoms with Crippen LogP contribution in [0.2, 0.25) is 0 Å². The number of amides is 4. The zero-order valence-corrected chi connectivity index (χ0v) is 17.5. The lowest BCUT2D eigenvalue weighted by atomic mass is 9.97. The molecule has 0 fully saturated rings. The number of fused-ring (bicyclic) bond motifs is 2. The normalized spacial score (nSPS) is 14.6. The average molecular weight is 446 g/mol. The van der Waals surface area contributed by atoms with Gasteiger partial charge in [0.2, 0.25) is 0 Å². The van der Waals surface area contributed by atoms with E-state index >= 15 is 0 Å². The van der Waals surface area contributed by atoms with Gasteiger partial charge >= 0.3 is 0 Å². The fourth-order valence-electron chi connectivity index (χ4n) is 4.28. The van der Waals surface area contributed by atoms with Gasteiger partial charge in [0.25, 0.3) is 23.6 Å². The van der Waals surface area contributed by atoms with Crippen molar-refractivity contribution in [2.75, 3.05) is 9.80 Å². The van der Waals surface area contributed by atoms with Crippen molar-refractivity contribution in [2.24, 2.45) is 0 Å². The fraction of sp³-hybridized carbons (Fsp3) is 0. The van der Waals surface area contributed by atoms with Crippen LogP contribution in [0.15, 0.2) is 85.5 Å². The van der Waals surface area contributed by atoms with E-state index in [4.69, 9.17) is 0 Å². The molecule has 8 heteroatoms. The maximum Gasteiger partial charge on any atom is 0.266 e. The van der Waals surface area contributed by atoms with Crippen LogP contribution in [0.5, 0.6) is 0 Å². The van der Waals surface area contributed by atoms with Crippen LogP contribution in [-0.2, 0) is 0 Å². The molecule has 4 amide bonds. The van der Waals surface area contributed by atoms with Gasteiger partial charge in [-0.3, -0.25) is 29.1 Å². The third kappa shape index (κ3) is 2.79. The molecule has 2 aromatic heterocycles. The number of anilines is 2. The van der Waals surface area contributed by atoms with Gasteiger partial charge in [-0.1, -0.05) is 12.1 Å². The first-order valence-electron chi connectivity index (χ1n) is 10.4. The summed E-state index contributed by atoms with van der Waals surface area (Å²) in [6.45, 7) is 0. The first-order chi connectivity index (χ1) is 16.5. The number of carbonyl (C=O) groups excluding carboxylic acids is 4. The molecule has 0 bridgehead atoms. The quantitative estimate of drug-likeness (QED) is 0.445. The molecule has 0 radical (unpaired) electrons. The van der Waals surface area contributed by atoms with Crippen LogP contribution in [0.3, 0.4) is 0 Å². The van der Waals surface area contributed by atoms with Crippen LogP contribution in [0.4, 0.5) is 11.4 Å². The second-order valence-electron chi connectivity index (χ2n) is 7.83. The van der Waals surface area contributed by atoms with Crippen molar-refractivity contribution < 1.29 is 19.2 Å². The Morgan fingerprint density at radius 2 is 0.912 bits per heavy atom. The number of pyridine rings is 2. The summed E-state index contributed by atoms with van der Waals surface area (Å²) in [6.07, 6.45) is 6.05. The molecule has 34 heavy (non-hydrogen) atoms. The summed E-state index contributed by atoms with van der Waals surface area (Å²) in [5.41, 5.74) is 3.23. The van der Waals surface area contributed by atoms with Crippen molar-refractivity contribution in [3.63, 3.8) is 0 Å².